The largest absolute Gasteiger partial charge is 0.397 e. The van der Waals surface area contributed by atoms with Gasteiger partial charge < -0.3 is 26.2 Å². The van der Waals surface area contributed by atoms with Gasteiger partial charge in [0.05, 0.1) is 16.1 Å². The summed E-state index contributed by atoms with van der Waals surface area (Å²) < 4.78 is 5.51. The first-order chi connectivity index (χ1) is 13.9. The fourth-order valence-electron chi connectivity index (χ4n) is 3.53. The van der Waals surface area contributed by atoms with E-state index in [0.717, 1.165) is 25.1 Å². The van der Waals surface area contributed by atoms with E-state index in [1.807, 2.05) is 36.4 Å². The topological polar surface area (TPSA) is 110 Å². The first-order valence-electron chi connectivity index (χ1n) is 9.33. The number of primary amides is 1. The number of nitrogen functional groups attached to an aromatic ring is 1. The highest BCUT2D eigenvalue weighted by atomic mass is 32.1. The van der Waals surface area contributed by atoms with Crippen LogP contribution < -0.4 is 16.8 Å². The van der Waals surface area contributed by atoms with Gasteiger partial charge in [0, 0.05) is 29.8 Å². The number of anilines is 2. The van der Waals surface area contributed by atoms with Gasteiger partial charge in [0.1, 0.15) is 10.7 Å². The van der Waals surface area contributed by atoms with Gasteiger partial charge in [0.15, 0.2) is 5.76 Å². The highest BCUT2D eigenvalue weighted by molar-refractivity contribution is 7.18. The zero-order valence-electron chi connectivity index (χ0n) is 16.1. The average Bonchev–Trinajstić information content (AvgIpc) is 3.41. The summed E-state index contributed by atoms with van der Waals surface area (Å²) in [7, 11) is 2.07. The second kappa shape index (κ2) is 7.73. The molecule has 1 amide bonds. The average molecular weight is 410 g/mol. The Hall–Kier alpha value is -3.10. The number of hydrogen-bond donors (Lipinski definition) is 3. The number of amides is 1. The zero-order chi connectivity index (χ0) is 20.5. The number of likely N-dealkylation sites (tertiary alicyclic amines) is 1. The summed E-state index contributed by atoms with van der Waals surface area (Å²) >= 11 is 1.37. The normalized spacial score (nSPS) is 16.8. The van der Waals surface area contributed by atoms with Crippen molar-refractivity contribution in [2.45, 2.75) is 12.5 Å². The minimum atomic E-state index is -0.561. The van der Waals surface area contributed by atoms with E-state index in [2.05, 4.69) is 29.0 Å². The molecule has 1 aliphatic heterocycles. The Morgan fingerprint density at radius 1 is 1.38 bits per heavy atom. The Kier molecular flexibility index (Phi) is 5.12. The van der Waals surface area contributed by atoms with Gasteiger partial charge in [-0.1, -0.05) is 42.1 Å². The van der Waals surface area contributed by atoms with Gasteiger partial charge in [0.25, 0.3) is 5.91 Å². The predicted octanol–water partition coefficient (Wildman–Crippen LogP) is 3.26. The fraction of sp³-hybridized carbons (Fsp3) is 0.238. The molecule has 150 valence electrons. The van der Waals surface area contributed by atoms with Gasteiger partial charge in [-0.25, -0.2) is 0 Å². The van der Waals surface area contributed by atoms with Crippen LogP contribution in [0.3, 0.4) is 0 Å². The molecule has 29 heavy (non-hydrogen) atoms. The van der Waals surface area contributed by atoms with Crippen molar-refractivity contribution >= 4 is 33.5 Å². The lowest BCUT2D eigenvalue weighted by Crippen LogP contribution is -2.24. The maximum absolute atomic E-state index is 12.1. The van der Waals surface area contributed by atoms with Gasteiger partial charge in [-0.15, -0.1) is 11.3 Å². The molecule has 0 spiro atoms. The number of nitrogens with one attached hydrogen (secondary N) is 1. The zero-order valence-corrected chi connectivity index (χ0v) is 17.0. The minimum absolute atomic E-state index is 0.243. The lowest BCUT2D eigenvalue weighted by molar-refractivity contribution is 0.100. The van der Waals surface area contributed by atoms with Gasteiger partial charge in [-0.2, -0.15) is 0 Å². The number of nitrogens with zero attached hydrogens (tertiary/aromatic N) is 2. The van der Waals surface area contributed by atoms with Crippen LogP contribution in [0, 0.1) is 0 Å². The van der Waals surface area contributed by atoms with Gasteiger partial charge >= 0.3 is 0 Å². The SMILES string of the molecule is C=C(c1cc(-c2ccccc2)no1)c1sc(NC2CCN(C)C2)c(C(N)=O)c1N. The number of rotatable bonds is 6. The Balaban J connectivity index is 1.64. The third kappa shape index (κ3) is 3.76. The molecule has 4 rings (SSSR count). The number of thiophene rings is 1. The lowest BCUT2D eigenvalue weighted by atomic mass is 10.1. The highest BCUT2D eigenvalue weighted by Crippen LogP contribution is 2.42. The van der Waals surface area contributed by atoms with Crippen LogP contribution in [0.25, 0.3) is 16.8 Å². The number of benzene rings is 1. The Morgan fingerprint density at radius 2 is 2.14 bits per heavy atom. The molecule has 5 N–H and O–H groups in total. The summed E-state index contributed by atoms with van der Waals surface area (Å²) in [5, 5.41) is 8.24. The molecule has 0 bridgehead atoms. The van der Waals surface area contributed by atoms with Crippen molar-refractivity contribution in [1.82, 2.24) is 10.1 Å². The van der Waals surface area contributed by atoms with Gasteiger partial charge in [-0.3, -0.25) is 4.79 Å². The Labute approximate surface area is 173 Å². The predicted molar refractivity (Wildman–Crippen MR) is 117 cm³/mol. The number of nitrogens with two attached hydrogens (primary N) is 2. The molecule has 1 aliphatic rings. The summed E-state index contributed by atoms with van der Waals surface area (Å²) in [6.07, 6.45) is 0.991. The van der Waals surface area contributed by atoms with Crippen molar-refractivity contribution in [2.75, 3.05) is 31.2 Å². The highest BCUT2D eigenvalue weighted by Gasteiger charge is 2.27. The third-order valence-corrected chi connectivity index (χ3v) is 6.27. The maximum atomic E-state index is 12.1. The van der Waals surface area contributed by atoms with Crippen LogP contribution in [-0.4, -0.2) is 42.1 Å². The fourth-order valence-corrected chi connectivity index (χ4v) is 4.70. The van der Waals surface area contributed by atoms with Crippen LogP contribution in [0.2, 0.25) is 0 Å². The minimum Gasteiger partial charge on any atom is -0.397 e. The summed E-state index contributed by atoms with van der Waals surface area (Å²) in [5.74, 6) is -0.0610. The van der Waals surface area contributed by atoms with E-state index in [1.54, 1.807) is 0 Å². The van der Waals surface area contributed by atoms with Crippen LogP contribution in [-0.2, 0) is 0 Å². The van der Waals surface area contributed by atoms with E-state index in [4.69, 9.17) is 16.0 Å². The van der Waals surface area contributed by atoms with Crippen LogP contribution in [0.5, 0.6) is 0 Å². The van der Waals surface area contributed by atoms with Crippen LogP contribution in [0.1, 0.15) is 27.4 Å². The van der Waals surface area contributed by atoms with Crippen molar-refractivity contribution < 1.29 is 9.32 Å². The molecular formula is C21H23N5O2S. The van der Waals surface area contributed by atoms with E-state index in [-0.39, 0.29) is 6.04 Å². The van der Waals surface area contributed by atoms with Crippen LogP contribution >= 0.6 is 11.3 Å². The van der Waals surface area contributed by atoms with Crippen molar-refractivity contribution in [3.8, 4) is 11.3 Å². The molecule has 0 aliphatic carbocycles. The molecule has 0 saturated carbocycles. The Bertz CT molecular complexity index is 1060. The van der Waals surface area contributed by atoms with Crippen LogP contribution in [0.15, 0.2) is 47.5 Å². The molecular weight excluding hydrogens is 386 g/mol. The van der Waals surface area contributed by atoms with E-state index in [0.29, 0.717) is 38.2 Å². The quantitative estimate of drug-likeness (QED) is 0.576. The smallest absolute Gasteiger partial charge is 0.253 e. The second-order valence-corrected chi connectivity index (χ2v) is 8.25. The summed E-state index contributed by atoms with van der Waals surface area (Å²) in [4.78, 5) is 15.0. The summed E-state index contributed by atoms with van der Waals surface area (Å²) in [6, 6.07) is 11.8. The van der Waals surface area contributed by atoms with Gasteiger partial charge in [-0.05, 0) is 20.0 Å². The molecule has 2 aromatic heterocycles. The molecule has 0 radical (unpaired) electrons. The summed E-state index contributed by atoms with van der Waals surface area (Å²) in [6.45, 7) is 6.03. The van der Waals surface area contributed by atoms with Gasteiger partial charge in [0.2, 0.25) is 0 Å². The van der Waals surface area contributed by atoms with E-state index in [1.165, 1.54) is 11.3 Å². The lowest BCUT2D eigenvalue weighted by Gasteiger charge is -2.13. The molecule has 3 aromatic rings. The molecule has 1 atom stereocenters. The molecule has 1 fully saturated rings. The number of carbonyl (C=O) groups is 1. The number of carbonyl (C=O) groups excluding carboxylic acids is 1. The number of hydrogen-bond acceptors (Lipinski definition) is 7. The molecule has 1 aromatic carbocycles. The van der Waals surface area contributed by atoms with E-state index < -0.39 is 5.91 Å². The summed E-state index contributed by atoms with van der Waals surface area (Å²) in [5.41, 5.74) is 14.8. The van der Waals surface area contributed by atoms with E-state index in [9.17, 15) is 4.79 Å². The van der Waals surface area contributed by atoms with Crippen molar-refractivity contribution in [2.24, 2.45) is 5.73 Å². The first kappa shape index (κ1) is 19.2. The number of aromatic nitrogens is 1. The van der Waals surface area contributed by atoms with Crippen molar-refractivity contribution in [3.63, 3.8) is 0 Å². The standard InChI is InChI=1S/C21H23N5O2S/c1-12(16-10-15(25-28-16)13-6-4-3-5-7-13)19-18(22)17(20(23)27)21(29-19)24-14-8-9-26(2)11-14/h3-7,10,14,24H,1,8-9,11,22H2,2H3,(H2,23,27). The van der Waals surface area contributed by atoms with Crippen molar-refractivity contribution in [1.29, 1.82) is 0 Å². The molecule has 3 heterocycles. The molecule has 1 saturated heterocycles. The van der Waals surface area contributed by atoms with Crippen LogP contribution in [0.4, 0.5) is 10.7 Å². The third-order valence-electron chi connectivity index (χ3n) is 5.07. The first-order valence-corrected chi connectivity index (χ1v) is 10.1. The number of likely N-dealkylation sites (N-methyl/N-ethyl adjacent to an activating group) is 1. The van der Waals surface area contributed by atoms with E-state index >= 15 is 0 Å². The second-order valence-electron chi connectivity index (χ2n) is 7.23. The monoisotopic (exact) mass is 409 g/mol. The molecule has 1 unspecified atom stereocenters. The molecule has 7 nitrogen and oxygen atoms in total. The maximum Gasteiger partial charge on any atom is 0.253 e. The Morgan fingerprint density at radius 3 is 2.79 bits per heavy atom. The van der Waals surface area contributed by atoms with Crippen molar-refractivity contribution in [3.05, 3.63) is 59.2 Å². The molecule has 8 heteroatoms.